The number of nitrogens with one attached hydrogen (secondary N) is 1. The van der Waals surface area contributed by atoms with Crippen LogP contribution in [0.1, 0.15) is 48.6 Å². The van der Waals surface area contributed by atoms with Crippen molar-refractivity contribution in [3.05, 3.63) is 114 Å². The Bertz CT molecular complexity index is 2140. The monoisotopic (exact) mass is 590 g/mol. The molecule has 1 aliphatic rings. The average Bonchev–Trinajstić information content (AvgIpc) is 3.30. The lowest BCUT2D eigenvalue weighted by molar-refractivity contribution is -0.119. The van der Waals surface area contributed by atoms with E-state index in [9.17, 15) is 23.9 Å². The fraction of sp³-hybridized carbons (Fsp3) is 0.194. The second-order valence-electron chi connectivity index (χ2n) is 10.9. The Kier molecular flexibility index (Phi) is 6.25. The summed E-state index contributed by atoms with van der Waals surface area (Å²) < 4.78 is 32.5. The van der Waals surface area contributed by atoms with Crippen molar-refractivity contribution in [2.24, 2.45) is 12.8 Å². The van der Waals surface area contributed by atoms with E-state index in [1.165, 1.54) is 31.3 Å². The number of aliphatic hydroxyl groups is 1. The Balaban J connectivity index is 1.64. The van der Waals surface area contributed by atoms with E-state index in [0.29, 0.717) is 27.7 Å². The first kappa shape index (κ1) is 27.6. The maximum absolute atomic E-state index is 16.1. The molecule has 3 aromatic carbocycles. The number of aryl methyl sites for hydroxylation is 1. The molecule has 6 rings (SSSR count). The maximum atomic E-state index is 16.1. The molecule has 0 saturated carbocycles. The number of fused-ring (bicyclic) bond motifs is 4. The van der Waals surface area contributed by atoms with Crippen LogP contribution in [0.4, 0.5) is 8.78 Å². The molecule has 2 heterocycles. The van der Waals surface area contributed by atoms with Gasteiger partial charge in [0, 0.05) is 46.8 Å². The van der Waals surface area contributed by atoms with Crippen LogP contribution in [0.2, 0.25) is 5.02 Å². The molecule has 1 atom stereocenters. The van der Waals surface area contributed by atoms with Gasteiger partial charge in [0.05, 0.1) is 33.1 Å². The Morgan fingerprint density at radius 2 is 1.81 bits per heavy atom. The van der Waals surface area contributed by atoms with Gasteiger partial charge in [-0.1, -0.05) is 41.9 Å². The van der Waals surface area contributed by atoms with Gasteiger partial charge in [-0.3, -0.25) is 14.2 Å². The first-order valence-corrected chi connectivity index (χ1v) is 13.5. The second kappa shape index (κ2) is 9.50. The number of hydrogen-bond acceptors (Lipinski definition) is 4. The number of aromatic nitrogens is 3. The van der Waals surface area contributed by atoms with Crippen LogP contribution in [-0.2, 0) is 17.4 Å². The predicted octanol–water partition coefficient (Wildman–Crippen LogP) is 4.89. The smallest absolute Gasteiger partial charge is 0.336 e. The van der Waals surface area contributed by atoms with Crippen LogP contribution in [0.5, 0.6) is 0 Å². The minimum atomic E-state index is -1.16. The highest BCUT2D eigenvalue weighted by atomic mass is 35.5. The third-order valence-corrected chi connectivity index (χ3v) is 8.25. The van der Waals surface area contributed by atoms with Gasteiger partial charge in [0.15, 0.2) is 0 Å². The summed E-state index contributed by atoms with van der Waals surface area (Å²) in [5, 5.41) is 11.0. The number of aromatic amines is 1. The molecule has 0 spiro atoms. The van der Waals surface area contributed by atoms with Crippen molar-refractivity contribution >= 4 is 44.9 Å². The summed E-state index contributed by atoms with van der Waals surface area (Å²) >= 11 is 6.87. The highest BCUT2D eigenvalue weighted by Gasteiger charge is 2.36. The number of primary amides is 1. The first-order chi connectivity index (χ1) is 19.8. The quantitative estimate of drug-likeness (QED) is 0.276. The zero-order valence-corrected chi connectivity index (χ0v) is 23.5. The van der Waals surface area contributed by atoms with Gasteiger partial charge in [-0.25, -0.2) is 18.1 Å². The highest BCUT2D eigenvalue weighted by molar-refractivity contribution is 6.34. The number of H-pyrrole nitrogens is 1. The van der Waals surface area contributed by atoms with E-state index < -0.39 is 40.3 Å². The molecule has 11 heteroatoms. The molecule has 2 aromatic heterocycles. The van der Waals surface area contributed by atoms with Gasteiger partial charge in [0.2, 0.25) is 5.91 Å². The average molecular weight is 591 g/mol. The molecule has 5 aromatic rings. The number of allylic oxidation sites excluding steroid dienone is 1. The summed E-state index contributed by atoms with van der Waals surface area (Å²) in [4.78, 5) is 42.4. The van der Waals surface area contributed by atoms with Crippen LogP contribution in [-0.4, -0.2) is 25.1 Å². The van der Waals surface area contributed by atoms with Gasteiger partial charge < -0.3 is 15.8 Å². The van der Waals surface area contributed by atoms with Gasteiger partial charge in [-0.15, -0.1) is 0 Å². The van der Waals surface area contributed by atoms with Crippen molar-refractivity contribution in [1.82, 2.24) is 14.1 Å². The SMILES string of the molecule is Cn1c(=O)n(-c2cccc(C3=C(F)CC(C(N)=O)c4[nH]c5cc(C(C)(C)O)ccc5c43)c2Cl)c(=O)c2cccc(F)c21. The molecule has 1 amide bonds. The van der Waals surface area contributed by atoms with E-state index in [2.05, 4.69) is 4.98 Å². The van der Waals surface area contributed by atoms with Crippen molar-refractivity contribution in [3.63, 3.8) is 0 Å². The van der Waals surface area contributed by atoms with E-state index >= 15 is 4.39 Å². The number of carbonyl (C=O) groups excluding carboxylic acids is 1. The molecule has 0 aliphatic heterocycles. The summed E-state index contributed by atoms with van der Waals surface area (Å²) in [6.45, 7) is 3.26. The van der Waals surface area contributed by atoms with Crippen molar-refractivity contribution in [2.75, 3.05) is 0 Å². The number of rotatable bonds is 4. The van der Waals surface area contributed by atoms with Crippen LogP contribution in [0.3, 0.4) is 0 Å². The Labute approximate surface area is 242 Å². The molecule has 4 N–H and O–H groups in total. The number of nitrogens with zero attached hydrogens (tertiary/aromatic N) is 2. The molecule has 0 fully saturated rings. The largest absolute Gasteiger partial charge is 0.386 e. The molecule has 1 unspecified atom stereocenters. The van der Waals surface area contributed by atoms with Gasteiger partial charge in [-0.05, 0) is 43.7 Å². The van der Waals surface area contributed by atoms with E-state index in [1.54, 1.807) is 38.1 Å². The Hall–Kier alpha value is -4.54. The molecule has 214 valence electrons. The molecule has 42 heavy (non-hydrogen) atoms. The third kappa shape index (κ3) is 4.01. The minimum Gasteiger partial charge on any atom is -0.386 e. The van der Waals surface area contributed by atoms with E-state index in [4.69, 9.17) is 17.3 Å². The van der Waals surface area contributed by atoms with Crippen LogP contribution in [0.15, 0.2) is 70.0 Å². The molecule has 0 saturated heterocycles. The zero-order chi connectivity index (χ0) is 30.2. The third-order valence-electron chi connectivity index (χ3n) is 7.85. The lowest BCUT2D eigenvalue weighted by Gasteiger charge is -2.24. The molecular weight excluding hydrogens is 566 g/mol. The minimum absolute atomic E-state index is 0.0195. The number of nitrogens with two attached hydrogens (primary N) is 1. The van der Waals surface area contributed by atoms with E-state index in [-0.39, 0.29) is 39.2 Å². The van der Waals surface area contributed by atoms with E-state index in [1.807, 2.05) is 0 Å². The number of halogens is 3. The summed E-state index contributed by atoms with van der Waals surface area (Å²) in [6, 6.07) is 13.6. The second-order valence-corrected chi connectivity index (χ2v) is 11.3. The summed E-state index contributed by atoms with van der Waals surface area (Å²) in [6.07, 6.45) is -0.333. The summed E-state index contributed by atoms with van der Waals surface area (Å²) in [5.74, 6) is -3.10. The van der Waals surface area contributed by atoms with Gasteiger partial charge >= 0.3 is 5.69 Å². The number of amides is 1. The Morgan fingerprint density at radius 1 is 1.10 bits per heavy atom. The highest BCUT2D eigenvalue weighted by Crippen LogP contribution is 2.48. The van der Waals surface area contributed by atoms with Gasteiger partial charge in [0.1, 0.15) is 11.6 Å². The number of hydrogen-bond donors (Lipinski definition) is 3. The summed E-state index contributed by atoms with van der Waals surface area (Å²) in [7, 11) is 1.34. The molecule has 8 nitrogen and oxygen atoms in total. The van der Waals surface area contributed by atoms with Crippen LogP contribution in [0, 0.1) is 5.82 Å². The van der Waals surface area contributed by atoms with E-state index in [0.717, 1.165) is 15.2 Å². The molecule has 0 bridgehead atoms. The topological polar surface area (TPSA) is 123 Å². The standard InChI is InChI=1S/C31H25ClF2N4O4/c1-31(2,42)14-10-11-15-21(12-14)36-26-18(28(35)39)13-20(34)23(24(15)26)16-6-5-9-22(25(16)32)38-29(40)17-7-4-8-19(33)27(17)37(3)30(38)41/h4-12,18,36,42H,13H2,1-3H3,(H2,35,39). The normalized spacial score (nSPS) is 15.5. The van der Waals surface area contributed by atoms with Crippen molar-refractivity contribution in [2.45, 2.75) is 31.8 Å². The maximum Gasteiger partial charge on any atom is 0.336 e. The number of carbonyl (C=O) groups is 1. The molecular formula is C31H25ClF2N4O4. The van der Waals surface area contributed by atoms with Crippen LogP contribution in [0.25, 0.3) is 33.1 Å². The fourth-order valence-corrected chi connectivity index (χ4v) is 6.06. The van der Waals surface area contributed by atoms with Gasteiger partial charge in [-0.2, -0.15) is 0 Å². The number of benzene rings is 3. The lowest BCUT2D eigenvalue weighted by Crippen LogP contribution is -2.38. The fourth-order valence-electron chi connectivity index (χ4n) is 5.75. The molecule has 1 aliphatic carbocycles. The van der Waals surface area contributed by atoms with Crippen molar-refractivity contribution in [1.29, 1.82) is 0 Å². The van der Waals surface area contributed by atoms with Crippen molar-refractivity contribution < 1.29 is 18.7 Å². The number of para-hydroxylation sites is 1. The van der Waals surface area contributed by atoms with Crippen LogP contribution < -0.4 is 17.0 Å². The van der Waals surface area contributed by atoms with Gasteiger partial charge in [0.25, 0.3) is 5.56 Å². The first-order valence-electron chi connectivity index (χ1n) is 13.1. The zero-order valence-electron chi connectivity index (χ0n) is 22.8. The predicted molar refractivity (Wildman–Crippen MR) is 157 cm³/mol. The van der Waals surface area contributed by atoms with Crippen molar-refractivity contribution in [3.8, 4) is 5.69 Å². The van der Waals surface area contributed by atoms with Crippen LogP contribution >= 0.6 is 11.6 Å². The lowest BCUT2D eigenvalue weighted by atomic mass is 9.82. The molecule has 0 radical (unpaired) electrons. The summed E-state index contributed by atoms with van der Waals surface area (Å²) in [5.41, 5.74) is 4.86. The Morgan fingerprint density at radius 3 is 2.50 bits per heavy atom.